The first-order valence-corrected chi connectivity index (χ1v) is 11.3. The molecule has 0 aliphatic rings. The van der Waals surface area contributed by atoms with E-state index >= 15 is 0 Å². The summed E-state index contributed by atoms with van der Waals surface area (Å²) in [5.41, 5.74) is 1.38. The van der Waals surface area contributed by atoms with Crippen LogP contribution in [0.4, 0.5) is 0 Å². The molecule has 1 rings (SSSR count). The Bertz CT molecular complexity index is 488. The van der Waals surface area contributed by atoms with E-state index in [0.29, 0.717) is 0 Å². The van der Waals surface area contributed by atoms with Gasteiger partial charge in [0.1, 0.15) is 0 Å². The third-order valence-electron chi connectivity index (χ3n) is 4.50. The molecule has 0 N–H and O–H groups in total. The smallest absolute Gasteiger partial charge is 0.192 e. The van der Waals surface area contributed by atoms with Crippen LogP contribution in [-0.4, -0.2) is 14.4 Å². The van der Waals surface area contributed by atoms with Crippen LogP contribution in [0.1, 0.15) is 52.5 Å². The molecular formula is C20H32OSi. The first kappa shape index (κ1) is 19.0. The molecule has 0 spiro atoms. The average Bonchev–Trinajstić information content (AvgIpc) is 2.44. The second kappa shape index (κ2) is 8.55. The van der Waals surface area contributed by atoms with Gasteiger partial charge in [0.25, 0.3) is 0 Å². The summed E-state index contributed by atoms with van der Waals surface area (Å²) in [7, 11) is -1.73. The van der Waals surface area contributed by atoms with Crippen molar-refractivity contribution in [3.05, 3.63) is 35.9 Å². The molecule has 22 heavy (non-hydrogen) atoms. The van der Waals surface area contributed by atoms with E-state index in [0.717, 1.165) is 25.7 Å². The first-order chi connectivity index (χ1) is 10.3. The standard InChI is InChI=1S/C20H32OSi/c1-7-8-10-15-19(21-22(5,6)20(2,3)4)17-16-18-13-11-9-12-14-18/h9,11-14,19H,7,15-17H2,1-6H3. The average molecular weight is 317 g/mol. The predicted molar refractivity (Wildman–Crippen MR) is 99.5 cm³/mol. The van der Waals surface area contributed by atoms with Crippen LogP contribution in [0, 0.1) is 11.8 Å². The molecule has 0 aliphatic heterocycles. The SMILES string of the molecule is CCC#CCC(CCc1ccccc1)O[Si](C)(C)C(C)(C)C. The zero-order valence-electron chi connectivity index (χ0n) is 15.2. The van der Waals surface area contributed by atoms with Crippen molar-refractivity contribution in [3.63, 3.8) is 0 Å². The molecule has 0 fully saturated rings. The van der Waals surface area contributed by atoms with Crippen LogP contribution in [0.3, 0.4) is 0 Å². The molecule has 0 heterocycles. The van der Waals surface area contributed by atoms with Gasteiger partial charge in [-0.25, -0.2) is 0 Å². The van der Waals surface area contributed by atoms with Crippen molar-refractivity contribution in [3.8, 4) is 11.8 Å². The maximum absolute atomic E-state index is 6.61. The van der Waals surface area contributed by atoms with Crippen molar-refractivity contribution in [2.75, 3.05) is 0 Å². The Morgan fingerprint density at radius 2 is 1.73 bits per heavy atom. The van der Waals surface area contributed by atoms with Crippen molar-refractivity contribution >= 4 is 8.32 Å². The van der Waals surface area contributed by atoms with Gasteiger partial charge in [-0.15, -0.1) is 11.8 Å². The molecule has 1 atom stereocenters. The summed E-state index contributed by atoms with van der Waals surface area (Å²) in [5.74, 6) is 6.48. The van der Waals surface area contributed by atoms with Gasteiger partial charge in [0.15, 0.2) is 8.32 Å². The normalized spacial score (nSPS) is 13.4. The minimum atomic E-state index is -1.73. The molecule has 1 aromatic carbocycles. The Kier molecular flexibility index (Phi) is 7.39. The first-order valence-electron chi connectivity index (χ1n) is 8.43. The summed E-state index contributed by atoms with van der Waals surface area (Å²) in [4.78, 5) is 0. The lowest BCUT2D eigenvalue weighted by molar-refractivity contribution is 0.176. The Morgan fingerprint density at radius 1 is 1.09 bits per heavy atom. The molecule has 0 amide bonds. The monoisotopic (exact) mass is 316 g/mol. The zero-order valence-corrected chi connectivity index (χ0v) is 16.2. The van der Waals surface area contributed by atoms with Gasteiger partial charge in [0.2, 0.25) is 0 Å². The fourth-order valence-electron chi connectivity index (χ4n) is 2.08. The van der Waals surface area contributed by atoms with Crippen molar-refractivity contribution in [1.29, 1.82) is 0 Å². The van der Waals surface area contributed by atoms with Crippen LogP contribution < -0.4 is 0 Å². The molecule has 0 saturated heterocycles. The summed E-state index contributed by atoms with van der Waals surface area (Å²) >= 11 is 0. The highest BCUT2D eigenvalue weighted by molar-refractivity contribution is 6.74. The summed E-state index contributed by atoms with van der Waals surface area (Å²) < 4.78 is 6.61. The second-order valence-electron chi connectivity index (χ2n) is 7.44. The number of rotatable bonds is 6. The van der Waals surface area contributed by atoms with E-state index in [4.69, 9.17) is 4.43 Å². The topological polar surface area (TPSA) is 9.23 Å². The van der Waals surface area contributed by atoms with Gasteiger partial charge in [-0.2, -0.15) is 0 Å². The van der Waals surface area contributed by atoms with Crippen molar-refractivity contribution in [1.82, 2.24) is 0 Å². The third-order valence-corrected chi connectivity index (χ3v) is 9.03. The van der Waals surface area contributed by atoms with Crippen LogP contribution >= 0.6 is 0 Å². The summed E-state index contributed by atoms with van der Waals surface area (Å²) in [5, 5.41) is 0.246. The van der Waals surface area contributed by atoms with E-state index < -0.39 is 8.32 Å². The Morgan fingerprint density at radius 3 is 2.27 bits per heavy atom. The van der Waals surface area contributed by atoms with Crippen LogP contribution in [0.15, 0.2) is 30.3 Å². The second-order valence-corrected chi connectivity index (χ2v) is 12.2. The predicted octanol–water partition coefficient (Wildman–Crippen LogP) is 5.81. The molecule has 0 aromatic heterocycles. The highest BCUT2D eigenvalue weighted by Gasteiger charge is 2.38. The van der Waals surface area contributed by atoms with Crippen molar-refractivity contribution in [2.45, 2.75) is 77.6 Å². The molecule has 0 bridgehead atoms. The van der Waals surface area contributed by atoms with Gasteiger partial charge < -0.3 is 4.43 Å². The highest BCUT2D eigenvalue weighted by atomic mass is 28.4. The lowest BCUT2D eigenvalue weighted by Gasteiger charge is -2.39. The van der Waals surface area contributed by atoms with Crippen LogP contribution in [-0.2, 0) is 10.8 Å². The highest BCUT2D eigenvalue weighted by Crippen LogP contribution is 2.38. The molecule has 1 aromatic rings. The minimum Gasteiger partial charge on any atom is -0.413 e. The fraction of sp³-hybridized carbons (Fsp3) is 0.600. The van der Waals surface area contributed by atoms with E-state index in [1.54, 1.807) is 0 Å². The van der Waals surface area contributed by atoms with Crippen molar-refractivity contribution in [2.24, 2.45) is 0 Å². The van der Waals surface area contributed by atoms with E-state index in [1.807, 2.05) is 0 Å². The summed E-state index contributed by atoms with van der Waals surface area (Å²) in [6, 6.07) is 10.7. The minimum absolute atomic E-state index is 0.246. The van der Waals surface area contributed by atoms with E-state index in [9.17, 15) is 0 Å². The quantitative estimate of drug-likeness (QED) is 0.475. The Balaban J connectivity index is 2.71. The number of hydrogen-bond donors (Lipinski definition) is 0. The van der Waals surface area contributed by atoms with Crippen LogP contribution in [0.25, 0.3) is 0 Å². The maximum atomic E-state index is 6.61. The van der Waals surface area contributed by atoms with E-state index in [1.165, 1.54) is 5.56 Å². The van der Waals surface area contributed by atoms with Gasteiger partial charge in [-0.3, -0.25) is 0 Å². The summed E-state index contributed by atoms with van der Waals surface area (Å²) in [6.07, 6.45) is 4.14. The lowest BCUT2D eigenvalue weighted by atomic mass is 10.1. The molecule has 0 aliphatic carbocycles. The molecular weight excluding hydrogens is 284 g/mol. The Labute approximate surface area is 138 Å². The third kappa shape index (κ3) is 6.38. The van der Waals surface area contributed by atoms with Gasteiger partial charge in [0, 0.05) is 12.8 Å². The fourth-order valence-corrected chi connectivity index (χ4v) is 3.47. The van der Waals surface area contributed by atoms with E-state index in [-0.39, 0.29) is 11.1 Å². The van der Waals surface area contributed by atoms with Gasteiger partial charge >= 0.3 is 0 Å². The van der Waals surface area contributed by atoms with Crippen LogP contribution in [0.5, 0.6) is 0 Å². The molecule has 2 heteroatoms. The largest absolute Gasteiger partial charge is 0.413 e. The van der Waals surface area contributed by atoms with Gasteiger partial charge in [-0.05, 0) is 36.5 Å². The molecule has 1 unspecified atom stereocenters. The Hall–Kier alpha value is -1.04. The molecule has 1 nitrogen and oxygen atoms in total. The number of aryl methyl sites for hydroxylation is 1. The number of benzene rings is 1. The maximum Gasteiger partial charge on any atom is 0.192 e. The molecule has 0 saturated carbocycles. The zero-order chi connectivity index (χ0) is 16.6. The lowest BCUT2D eigenvalue weighted by Crippen LogP contribution is -2.44. The molecule has 0 radical (unpaired) electrons. The van der Waals surface area contributed by atoms with Gasteiger partial charge in [0.05, 0.1) is 6.10 Å². The van der Waals surface area contributed by atoms with Gasteiger partial charge in [-0.1, -0.05) is 58.0 Å². The summed E-state index contributed by atoms with van der Waals surface area (Å²) in [6.45, 7) is 13.6. The molecule has 122 valence electrons. The number of hydrogen-bond acceptors (Lipinski definition) is 1. The van der Waals surface area contributed by atoms with E-state index in [2.05, 4.69) is 83.0 Å². The van der Waals surface area contributed by atoms with Crippen molar-refractivity contribution < 1.29 is 4.43 Å². The van der Waals surface area contributed by atoms with Crippen LogP contribution in [0.2, 0.25) is 18.1 Å².